The Balaban J connectivity index is 1.35. The van der Waals surface area contributed by atoms with Gasteiger partial charge in [0, 0.05) is 45.5 Å². The second kappa shape index (κ2) is 9.89. The summed E-state index contributed by atoms with van der Waals surface area (Å²) < 4.78 is 6.63. The van der Waals surface area contributed by atoms with Crippen LogP contribution in [0.2, 0.25) is 0 Å². The summed E-state index contributed by atoms with van der Waals surface area (Å²) in [6.45, 7) is 4.18. The van der Waals surface area contributed by atoms with E-state index in [-0.39, 0.29) is 24.1 Å². The number of benzene rings is 1. The highest BCUT2D eigenvalue weighted by molar-refractivity contribution is 5.93. The second-order valence-corrected chi connectivity index (χ2v) is 7.96. The van der Waals surface area contributed by atoms with Gasteiger partial charge in [0.15, 0.2) is 0 Å². The first-order valence-corrected chi connectivity index (χ1v) is 10.8. The van der Waals surface area contributed by atoms with Gasteiger partial charge in [-0.15, -0.1) is 0 Å². The van der Waals surface area contributed by atoms with E-state index in [1.807, 2.05) is 18.2 Å². The average molecular weight is 425 g/mol. The zero-order valence-electron chi connectivity index (χ0n) is 17.5. The van der Waals surface area contributed by atoms with E-state index in [0.717, 1.165) is 42.6 Å². The Kier molecular flexibility index (Phi) is 6.79. The van der Waals surface area contributed by atoms with Crippen LogP contribution < -0.4 is 11.2 Å². The quantitative estimate of drug-likeness (QED) is 0.753. The molecule has 1 N–H and O–H groups in total. The smallest absolute Gasteiger partial charge is 0.328 e. The molecule has 164 valence electrons. The molecule has 8 nitrogen and oxygen atoms in total. The lowest BCUT2D eigenvalue weighted by atomic mass is 10.2. The molecule has 0 bridgehead atoms. The minimum absolute atomic E-state index is 0.00928. The van der Waals surface area contributed by atoms with Gasteiger partial charge in [-0.05, 0) is 18.4 Å². The number of hydrogen-bond donors (Lipinski definition) is 1. The van der Waals surface area contributed by atoms with E-state index in [4.69, 9.17) is 4.74 Å². The molecular weight excluding hydrogens is 396 g/mol. The third kappa shape index (κ3) is 5.21. The van der Waals surface area contributed by atoms with E-state index in [1.165, 1.54) is 6.20 Å². The molecule has 1 unspecified atom stereocenters. The van der Waals surface area contributed by atoms with Gasteiger partial charge in [0.2, 0.25) is 0 Å². The minimum Gasteiger partial charge on any atom is -0.376 e. The number of piperazine rings is 1. The van der Waals surface area contributed by atoms with E-state index in [2.05, 4.69) is 34.2 Å². The third-order valence-electron chi connectivity index (χ3n) is 5.83. The van der Waals surface area contributed by atoms with Crippen molar-refractivity contribution >= 4 is 12.0 Å². The molecule has 4 rings (SSSR count). The van der Waals surface area contributed by atoms with Crippen LogP contribution in [0.3, 0.4) is 0 Å². The van der Waals surface area contributed by atoms with Gasteiger partial charge in [-0.1, -0.05) is 42.5 Å². The van der Waals surface area contributed by atoms with Gasteiger partial charge in [0.05, 0.1) is 12.6 Å². The molecule has 1 aromatic carbocycles. The largest absolute Gasteiger partial charge is 0.376 e. The molecule has 2 saturated heterocycles. The second-order valence-electron chi connectivity index (χ2n) is 7.96. The summed E-state index contributed by atoms with van der Waals surface area (Å²) in [5.41, 5.74) is 0.119. The van der Waals surface area contributed by atoms with Crippen LogP contribution in [0.5, 0.6) is 0 Å². The summed E-state index contributed by atoms with van der Waals surface area (Å²) in [6, 6.07) is 10.1. The van der Waals surface area contributed by atoms with Crippen LogP contribution in [0, 0.1) is 0 Å². The van der Waals surface area contributed by atoms with Crippen molar-refractivity contribution in [2.75, 3.05) is 39.3 Å². The first-order chi connectivity index (χ1) is 15.1. The van der Waals surface area contributed by atoms with Gasteiger partial charge < -0.3 is 14.6 Å². The molecule has 0 saturated carbocycles. The lowest BCUT2D eigenvalue weighted by molar-refractivity contribution is 0.0644. The Morgan fingerprint density at radius 2 is 1.90 bits per heavy atom. The maximum Gasteiger partial charge on any atom is 0.328 e. The van der Waals surface area contributed by atoms with Crippen molar-refractivity contribution in [2.24, 2.45) is 0 Å². The molecule has 1 amide bonds. The molecule has 1 atom stereocenters. The van der Waals surface area contributed by atoms with Gasteiger partial charge in [-0.2, -0.15) is 0 Å². The van der Waals surface area contributed by atoms with Gasteiger partial charge >= 0.3 is 5.69 Å². The van der Waals surface area contributed by atoms with Crippen LogP contribution in [0.4, 0.5) is 0 Å². The zero-order valence-corrected chi connectivity index (χ0v) is 17.5. The maximum atomic E-state index is 13.0. The van der Waals surface area contributed by atoms with Crippen molar-refractivity contribution in [1.29, 1.82) is 0 Å². The number of nitrogens with one attached hydrogen (secondary N) is 1. The van der Waals surface area contributed by atoms with E-state index < -0.39 is 11.2 Å². The molecule has 2 fully saturated rings. The molecule has 3 heterocycles. The fraction of sp³-hybridized carbons (Fsp3) is 0.435. The van der Waals surface area contributed by atoms with Crippen LogP contribution in [-0.2, 0) is 11.3 Å². The highest BCUT2D eigenvalue weighted by Gasteiger charge is 2.26. The van der Waals surface area contributed by atoms with Gasteiger partial charge in [0.1, 0.15) is 5.56 Å². The molecule has 31 heavy (non-hydrogen) atoms. The topological polar surface area (TPSA) is 87.6 Å². The highest BCUT2D eigenvalue weighted by Crippen LogP contribution is 2.13. The van der Waals surface area contributed by atoms with E-state index in [1.54, 1.807) is 4.90 Å². The lowest BCUT2D eigenvalue weighted by Gasteiger charge is -2.34. The summed E-state index contributed by atoms with van der Waals surface area (Å²) >= 11 is 0. The molecule has 8 heteroatoms. The minimum atomic E-state index is -0.544. The van der Waals surface area contributed by atoms with Gasteiger partial charge in [0.25, 0.3) is 11.5 Å². The molecule has 2 aliphatic heterocycles. The number of aromatic nitrogens is 2. The Labute approximate surface area is 180 Å². The van der Waals surface area contributed by atoms with Crippen LogP contribution >= 0.6 is 0 Å². The predicted molar refractivity (Wildman–Crippen MR) is 118 cm³/mol. The van der Waals surface area contributed by atoms with Crippen molar-refractivity contribution in [2.45, 2.75) is 25.5 Å². The Morgan fingerprint density at radius 3 is 2.61 bits per heavy atom. The number of carbonyl (C=O) groups is 1. The number of nitrogens with zero attached hydrogens (tertiary/aromatic N) is 3. The van der Waals surface area contributed by atoms with Crippen LogP contribution in [-0.4, -0.2) is 70.7 Å². The third-order valence-corrected chi connectivity index (χ3v) is 5.83. The summed E-state index contributed by atoms with van der Waals surface area (Å²) in [5, 5.41) is 0. The van der Waals surface area contributed by atoms with Crippen molar-refractivity contribution in [3.63, 3.8) is 0 Å². The number of amides is 1. The van der Waals surface area contributed by atoms with Crippen molar-refractivity contribution < 1.29 is 9.53 Å². The molecule has 0 aliphatic carbocycles. The summed E-state index contributed by atoms with van der Waals surface area (Å²) in [5.74, 6) is -0.332. The van der Waals surface area contributed by atoms with E-state index >= 15 is 0 Å². The number of H-pyrrole nitrogens is 1. The van der Waals surface area contributed by atoms with Crippen molar-refractivity contribution in [1.82, 2.24) is 19.4 Å². The zero-order chi connectivity index (χ0) is 21.6. The molecule has 0 spiro atoms. The van der Waals surface area contributed by atoms with Crippen LogP contribution in [0.1, 0.15) is 28.8 Å². The van der Waals surface area contributed by atoms with E-state index in [0.29, 0.717) is 19.7 Å². The van der Waals surface area contributed by atoms with Gasteiger partial charge in [-0.3, -0.25) is 19.1 Å². The fourth-order valence-corrected chi connectivity index (χ4v) is 4.03. The molecule has 1 aromatic heterocycles. The monoisotopic (exact) mass is 424 g/mol. The van der Waals surface area contributed by atoms with Crippen LogP contribution in [0.25, 0.3) is 6.08 Å². The molecule has 0 radical (unpaired) electrons. The SMILES string of the molecule is O=C(c1c[nH]c(=O)n(CC2CCCO2)c1=O)N1CCN(C/C=C/c2ccccc2)CC1. The summed E-state index contributed by atoms with van der Waals surface area (Å²) in [7, 11) is 0. The maximum absolute atomic E-state index is 13.0. The Hall–Kier alpha value is -2.97. The first kappa shape index (κ1) is 21.3. The number of aromatic amines is 1. The standard InChI is InChI=1S/C23H28N4O4/c28-21(20-16-24-23(30)27(22(20)29)17-19-9-5-15-31-19)26-13-11-25(12-14-26)10-4-8-18-6-2-1-3-7-18/h1-4,6-8,16,19H,5,9-15,17H2,(H,24,30)/b8-4+. The average Bonchev–Trinajstić information content (AvgIpc) is 3.31. The first-order valence-electron chi connectivity index (χ1n) is 10.8. The van der Waals surface area contributed by atoms with Crippen LogP contribution in [0.15, 0.2) is 52.2 Å². The number of rotatable bonds is 6. The lowest BCUT2D eigenvalue weighted by Crippen LogP contribution is -2.50. The molecular formula is C23H28N4O4. The molecule has 2 aromatic rings. The van der Waals surface area contributed by atoms with E-state index in [9.17, 15) is 14.4 Å². The number of ether oxygens (including phenoxy) is 1. The summed E-state index contributed by atoms with van der Waals surface area (Å²) in [6.07, 6.45) is 7.03. The normalized spacial score (nSPS) is 19.9. The Morgan fingerprint density at radius 1 is 1.13 bits per heavy atom. The predicted octanol–water partition coefficient (Wildman–Crippen LogP) is 1.19. The highest BCUT2D eigenvalue weighted by atomic mass is 16.5. The number of carbonyl (C=O) groups excluding carboxylic acids is 1. The van der Waals surface area contributed by atoms with Gasteiger partial charge in [-0.25, -0.2) is 4.79 Å². The van der Waals surface area contributed by atoms with Crippen molar-refractivity contribution in [3.8, 4) is 0 Å². The van der Waals surface area contributed by atoms with Crippen molar-refractivity contribution in [3.05, 3.63) is 74.6 Å². The summed E-state index contributed by atoms with van der Waals surface area (Å²) in [4.78, 5) is 44.4. The Bertz CT molecular complexity index is 1030. The molecule has 2 aliphatic rings. The fourth-order valence-electron chi connectivity index (χ4n) is 4.03. The number of hydrogen-bond acceptors (Lipinski definition) is 5.